The van der Waals surface area contributed by atoms with Gasteiger partial charge < -0.3 is 5.11 Å². The summed E-state index contributed by atoms with van der Waals surface area (Å²) in [5.41, 5.74) is 0. The fourth-order valence-corrected chi connectivity index (χ4v) is 3.84. The van der Waals surface area contributed by atoms with Crippen LogP contribution < -0.4 is 4.72 Å². The van der Waals surface area contributed by atoms with Gasteiger partial charge in [-0.1, -0.05) is 26.3 Å². The molecule has 0 heterocycles. The van der Waals surface area contributed by atoms with E-state index in [1.54, 1.807) is 13.8 Å². The second kappa shape index (κ2) is 6.76. The molecule has 0 radical (unpaired) electrons. The van der Waals surface area contributed by atoms with Crippen LogP contribution in [0.2, 0.25) is 0 Å². The van der Waals surface area contributed by atoms with Crippen LogP contribution in [0.5, 0.6) is 0 Å². The van der Waals surface area contributed by atoms with Gasteiger partial charge in [-0.3, -0.25) is 4.79 Å². The van der Waals surface area contributed by atoms with Crippen LogP contribution in [-0.2, 0) is 24.7 Å². The molecule has 22 heavy (non-hydrogen) atoms. The van der Waals surface area contributed by atoms with E-state index in [4.69, 9.17) is 5.11 Å². The van der Waals surface area contributed by atoms with Crippen LogP contribution >= 0.6 is 0 Å². The number of sulfonamides is 1. The van der Waals surface area contributed by atoms with Gasteiger partial charge in [0.2, 0.25) is 10.0 Å². The minimum absolute atomic E-state index is 0.147. The highest BCUT2D eigenvalue weighted by Gasteiger charge is 2.29. The second-order valence-electron chi connectivity index (χ2n) is 5.07. The minimum Gasteiger partial charge on any atom is -0.480 e. The molecule has 0 unspecified atom stereocenters. The molecular formula is C13H19NO6S2. The number of hydrogen-bond donors (Lipinski definition) is 2. The molecule has 0 fully saturated rings. The van der Waals surface area contributed by atoms with Crippen LogP contribution in [0, 0.1) is 5.92 Å². The van der Waals surface area contributed by atoms with Crippen molar-refractivity contribution >= 4 is 25.8 Å². The van der Waals surface area contributed by atoms with Crippen molar-refractivity contribution in [3.8, 4) is 0 Å². The van der Waals surface area contributed by atoms with Crippen molar-refractivity contribution in [3.05, 3.63) is 24.3 Å². The Morgan fingerprint density at radius 3 is 2.23 bits per heavy atom. The van der Waals surface area contributed by atoms with Crippen molar-refractivity contribution < 1.29 is 26.7 Å². The molecule has 1 aromatic carbocycles. The zero-order valence-corrected chi connectivity index (χ0v) is 14.1. The van der Waals surface area contributed by atoms with Crippen molar-refractivity contribution in [1.82, 2.24) is 4.72 Å². The van der Waals surface area contributed by atoms with Crippen LogP contribution in [0.15, 0.2) is 34.1 Å². The lowest BCUT2D eigenvalue weighted by atomic mass is 10.0. The van der Waals surface area contributed by atoms with E-state index in [0.29, 0.717) is 6.42 Å². The lowest BCUT2D eigenvalue weighted by molar-refractivity contribution is -0.140. The number of rotatable bonds is 7. The summed E-state index contributed by atoms with van der Waals surface area (Å²) in [5.74, 6) is -1.69. The molecule has 9 heteroatoms. The average molecular weight is 349 g/mol. The second-order valence-corrected chi connectivity index (χ2v) is 8.80. The maximum Gasteiger partial charge on any atom is 0.322 e. The normalized spacial score (nSPS) is 15.2. The van der Waals surface area contributed by atoms with Gasteiger partial charge in [0.1, 0.15) is 6.04 Å². The fraction of sp³-hybridized carbons (Fsp3) is 0.462. The molecule has 0 saturated heterocycles. The van der Waals surface area contributed by atoms with Gasteiger partial charge in [-0.15, -0.1) is 0 Å². The van der Waals surface area contributed by atoms with Gasteiger partial charge in [-0.25, -0.2) is 16.8 Å². The van der Waals surface area contributed by atoms with E-state index in [1.807, 2.05) is 0 Å². The van der Waals surface area contributed by atoms with Crippen LogP contribution in [0.1, 0.15) is 20.3 Å². The van der Waals surface area contributed by atoms with Crippen LogP contribution in [-0.4, -0.2) is 40.2 Å². The number of sulfone groups is 1. The molecule has 2 N–H and O–H groups in total. The van der Waals surface area contributed by atoms with Gasteiger partial charge in [0.05, 0.1) is 9.79 Å². The lowest BCUT2D eigenvalue weighted by Crippen LogP contribution is -2.44. The van der Waals surface area contributed by atoms with Gasteiger partial charge in [0.25, 0.3) is 0 Å². The molecule has 1 aromatic rings. The maximum atomic E-state index is 12.3. The van der Waals surface area contributed by atoms with Crippen LogP contribution in [0.3, 0.4) is 0 Å². The first-order valence-corrected chi connectivity index (χ1v) is 9.91. The van der Waals surface area contributed by atoms with Crippen molar-refractivity contribution in [2.75, 3.05) is 6.26 Å². The molecule has 124 valence electrons. The fourth-order valence-electron chi connectivity index (χ4n) is 1.75. The first-order valence-electron chi connectivity index (χ1n) is 6.54. The molecule has 0 aliphatic carbocycles. The molecule has 0 aliphatic heterocycles. The monoisotopic (exact) mass is 349 g/mol. The molecular weight excluding hydrogens is 330 g/mol. The van der Waals surface area contributed by atoms with E-state index in [9.17, 15) is 21.6 Å². The summed E-state index contributed by atoms with van der Waals surface area (Å²) in [7, 11) is -7.70. The summed E-state index contributed by atoms with van der Waals surface area (Å²) in [4.78, 5) is 10.8. The third-order valence-corrected chi connectivity index (χ3v) is 5.85. The average Bonchev–Trinajstić information content (AvgIpc) is 2.43. The summed E-state index contributed by atoms with van der Waals surface area (Å²) >= 11 is 0. The number of aliphatic carboxylic acids is 1. The van der Waals surface area contributed by atoms with Gasteiger partial charge in [-0.05, 0) is 24.1 Å². The third kappa shape index (κ3) is 4.52. The van der Waals surface area contributed by atoms with Crippen molar-refractivity contribution in [3.63, 3.8) is 0 Å². The number of hydrogen-bond acceptors (Lipinski definition) is 5. The van der Waals surface area contributed by atoms with E-state index in [1.165, 1.54) is 18.2 Å². The molecule has 0 spiro atoms. The summed E-state index contributed by atoms with van der Waals surface area (Å²) in [6.45, 7) is 3.37. The Labute approximate surface area is 130 Å². The number of benzene rings is 1. The van der Waals surface area contributed by atoms with Crippen LogP contribution in [0.4, 0.5) is 0 Å². The Hall–Kier alpha value is -1.45. The van der Waals surface area contributed by atoms with Crippen molar-refractivity contribution in [1.29, 1.82) is 0 Å². The van der Waals surface area contributed by atoms with E-state index in [2.05, 4.69) is 4.72 Å². The first kappa shape index (κ1) is 18.6. The summed E-state index contributed by atoms with van der Waals surface area (Å²) in [6, 6.07) is 3.51. The molecule has 0 aromatic heterocycles. The van der Waals surface area contributed by atoms with Crippen molar-refractivity contribution in [2.24, 2.45) is 5.92 Å². The third-order valence-electron chi connectivity index (χ3n) is 3.31. The summed E-state index contributed by atoms with van der Waals surface area (Å²) in [6.07, 6.45) is 1.44. The molecule has 0 aliphatic rings. The standard InChI is InChI=1S/C13H19NO6S2/c1-4-9(2)12(13(15)16)14-22(19,20)11-7-5-6-10(8-11)21(3,17)18/h5-9,12,14H,4H2,1-3H3,(H,15,16)/t9-,12-/m0/s1. The summed E-state index contributed by atoms with van der Waals surface area (Å²) < 4.78 is 49.6. The Bertz CT molecular complexity index is 754. The van der Waals surface area contributed by atoms with E-state index in [0.717, 1.165) is 12.3 Å². The van der Waals surface area contributed by atoms with Gasteiger partial charge in [-0.2, -0.15) is 4.72 Å². The number of carboxylic acids is 1. The quantitative estimate of drug-likeness (QED) is 0.754. The number of carbonyl (C=O) groups is 1. The largest absolute Gasteiger partial charge is 0.480 e. The Morgan fingerprint density at radius 1 is 1.23 bits per heavy atom. The van der Waals surface area contributed by atoms with Crippen molar-refractivity contribution in [2.45, 2.75) is 36.1 Å². The van der Waals surface area contributed by atoms with E-state index >= 15 is 0 Å². The smallest absolute Gasteiger partial charge is 0.322 e. The van der Waals surface area contributed by atoms with Crippen LogP contribution in [0.25, 0.3) is 0 Å². The SMILES string of the molecule is CC[C@H](C)[C@H](NS(=O)(=O)c1cccc(S(C)(=O)=O)c1)C(=O)O. The Balaban J connectivity index is 3.22. The maximum absolute atomic E-state index is 12.3. The minimum atomic E-state index is -4.14. The molecule has 2 atom stereocenters. The molecule has 0 amide bonds. The van der Waals surface area contributed by atoms with E-state index in [-0.39, 0.29) is 9.79 Å². The van der Waals surface area contributed by atoms with E-state index < -0.39 is 37.8 Å². The zero-order chi connectivity index (χ0) is 17.1. The predicted molar refractivity (Wildman–Crippen MR) is 80.8 cm³/mol. The molecule has 0 bridgehead atoms. The van der Waals surface area contributed by atoms with Gasteiger partial charge in [0.15, 0.2) is 9.84 Å². The molecule has 7 nitrogen and oxygen atoms in total. The highest BCUT2D eigenvalue weighted by molar-refractivity contribution is 7.91. The number of nitrogens with one attached hydrogen (secondary N) is 1. The Kier molecular flexibility index (Phi) is 5.71. The first-order chi connectivity index (χ1) is 9.99. The lowest BCUT2D eigenvalue weighted by Gasteiger charge is -2.20. The van der Waals surface area contributed by atoms with Gasteiger partial charge in [0, 0.05) is 6.26 Å². The number of carboxylic acid groups (broad SMARTS) is 1. The highest BCUT2D eigenvalue weighted by Crippen LogP contribution is 2.17. The molecule has 0 saturated carbocycles. The topological polar surface area (TPSA) is 118 Å². The molecule has 1 rings (SSSR count). The Morgan fingerprint density at radius 2 is 1.77 bits per heavy atom. The predicted octanol–water partition coefficient (Wildman–Crippen LogP) is 0.868. The zero-order valence-electron chi connectivity index (χ0n) is 12.5. The summed E-state index contributed by atoms with van der Waals surface area (Å²) in [5, 5.41) is 9.15. The van der Waals surface area contributed by atoms with Gasteiger partial charge >= 0.3 is 5.97 Å². The highest BCUT2D eigenvalue weighted by atomic mass is 32.2.